The monoisotopic (exact) mass is 398 g/mol. The Labute approximate surface area is 166 Å². The number of para-hydroxylation sites is 1. The molecule has 0 atom stereocenters. The van der Waals surface area contributed by atoms with Crippen molar-refractivity contribution in [3.05, 3.63) is 66.4 Å². The second-order valence-electron chi connectivity index (χ2n) is 5.63. The second kappa shape index (κ2) is 9.20. The van der Waals surface area contributed by atoms with E-state index >= 15 is 0 Å². The van der Waals surface area contributed by atoms with Crippen molar-refractivity contribution in [1.82, 2.24) is 5.16 Å². The molecule has 0 radical (unpaired) electrons. The van der Waals surface area contributed by atoms with E-state index in [-0.39, 0.29) is 11.7 Å². The summed E-state index contributed by atoms with van der Waals surface area (Å²) in [4.78, 5) is 13.0. The third-order valence-electron chi connectivity index (χ3n) is 3.39. The van der Waals surface area contributed by atoms with Gasteiger partial charge in [0, 0.05) is 22.3 Å². The Balaban J connectivity index is 1.50. The van der Waals surface area contributed by atoms with Gasteiger partial charge >= 0.3 is 0 Å². The van der Waals surface area contributed by atoms with Crippen LogP contribution in [0.4, 0.5) is 17.2 Å². The van der Waals surface area contributed by atoms with E-state index < -0.39 is 0 Å². The van der Waals surface area contributed by atoms with Crippen LogP contribution in [0.5, 0.6) is 0 Å². The SMILES string of the molecule is Cc1cc(NC(=O)CSc2cccc(NC(=S)Nc3ccccc3)c2)no1. The summed E-state index contributed by atoms with van der Waals surface area (Å²) < 4.78 is 4.93. The Hall–Kier alpha value is -2.84. The van der Waals surface area contributed by atoms with Crippen molar-refractivity contribution in [3.63, 3.8) is 0 Å². The number of hydrogen-bond donors (Lipinski definition) is 3. The molecule has 0 aliphatic carbocycles. The minimum absolute atomic E-state index is 0.145. The molecular formula is C19H18N4O2S2. The molecule has 3 rings (SSSR count). The van der Waals surface area contributed by atoms with Crippen LogP contribution in [-0.4, -0.2) is 21.9 Å². The molecule has 0 unspecified atom stereocenters. The summed E-state index contributed by atoms with van der Waals surface area (Å²) >= 11 is 6.76. The van der Waals surface area contributed by atoms with Crippen LogP contribution in [0, 0.1) is 6.92 Å². The lowest BCUT2D eigenvalue weighted by Crippen LogP contribution is -2.19. The molecule has 0 aliphatic rings. The molecule has 1 aromatic heterocycles. The first kappa shape index (κ1) is 18.9. The Morgan fingerprint density at radius 2 is 1.78 bits per heavy atom. The summed E-state index contributed by atoms with van der Waals surface area (Å²) in [6.07, 6.45) is 0. The van der Waals surface area contributed by atoms with Crippen molar-refractivity contribution in [2.24, 2.45) is 0 Å². The lowest BCUT2D eigenvalue weighted by molar-refractivity contribution is -0.113. The van der Waals surface area contributed by atoms with E-state index in [1.807, 2.05) is 54.6 Å². The minimum atomic E-state index is -0.145. The number of anilines is 3. The number of aryl methyl sites for hydroxylation is 1. The van der Waals surface area contributed by atoms with Gasteiger partial charge in [0.15, 0.2) is 10.9 Å². The number of thiocarbonyl (C=S) groups is 1. The number of aromatic nitrogens is 1. The predicted octanol–water partition coefficient (Wildman–Crippen LogP) is 4.52. The van der Waals surface area contributed by atoms with Gasteiger partial charge in [0.25, 0.3) is 0 Å². The molecular weight excluding hydrogens is 380 g/mol. The summed E-state index contributed by atoms with van der Waals surface area (Å²) in [5.74, 6) is 1.19. The number of carbonyl (C=O) groups is 1. The standard InChI is InChI=1S/C19H18N4O2S2/c1-13-10-17(23-25-13)22-18(24)12-27-16-9-5-8-15(11-16)21-19(26)20-14-6-3-2-4-7-14/h2-11H,12H2,1H3,(H2,20,21,26)(H,22,23,24). The smallest absolute Gasteiger partial charge is 0.235 e. The molecule has 0 fully saturated rings. The summed E-state index contributed by atoms with van der Waals surface area (Å²) in [6, 6.07) is 19.1. The van der Waals surface area contributed by atoms with Crippen molar-refractivity contribution in [2.45, 2.75) is 11.8 Å². The average Bonchev–Trinajstić information content (AvgIpc) is 3.06. The molecule has 1 amide bonds. The molecule has 2 aromatic carbocycles. The number of amides is 1. The molecule has 0 aliphatic heterocycles. The highest BCUT2D eigenvalue weighted by Crippen LogP contribution is 2.22. The van der Waals surface area contributed by atoms with Crippen molar-refractivity contribution in [2.75, 3.05) is 21.7 Å². The summed E-state index contributed by atoms with van der Waals surface area (Å²) in [5, 5.41) is 13.2. The van der Waals surface area contributed by atoms with Gasteiger partial charge in [-0.2, -0.15) is 0 Å². The first-order chi connectivity index (χ1) is 13.1. The fourth-order valence-electron chi connectivity index (χ4n) is 2.23. The van der Waals surface area contributed by atoms with Gasteiger partial charge in [-0.25, -0.2) is 0 Å². The van der Waals surface area contributed by atoms with Gasteiger partial charge in [-0.05, 0) is 49.5 Å². The first-order valence-corrected chi connectivity index (χ1v) is 9.57. The van der Waals surface area contributed by atoms with Crippen LogP contribution < -0.4 is 16.0 Å². The second-order valence-corrected chi connectivity index (χ2v) is 7.09. The molecule has 0 saturated heterocycles. The van der Waals surface area contributed by atoms with Gasteiger partial charge < -0.3 is 20.5 Å². The first-order valence-electron chi connectivity index (χ1n) is 8.17. The molecule has 8 heteroatoms. The molecule has 0 spiro atoms. The average molecular weight is 399 g/mol. The minimum Gasteiger partial charge on any atom is -0.360 e. The highest BCUT2D eigenvalue weighted by molar-refractivity contribution is 8.00. The van der Waals surface area contributed by atoms with Crippen LogP contribution in [-0.2, 0) is 4.79 Å². The summed E-state index contributed by atoms with van der Waals surface area (Å²) in [5.41, 5.74) is 1.77. The fraction of sp³-hybridized carbons (Fsp3) is 0.105. The van der Waals surface area contributed by atoms with E-state index in [0.29, 0.717) is 16.7 Å². The van der Waals surface area contributed by atoms with Gasteiger partial charge in [0.05, 0.1) is 5.75 Å². The number of nitrogens with one attached hydrogen (secondary N) is 3. The Morgan fingerprint density at radius 1 is 1.04 bits per heavy atom. The molecule has 3 aromatic rings. The molecule has 6 nitrogen and oxygen atoms in total. The Morgan fingerprint density at radius 3 is 2.52 bits per heavy atom. The zero-order chi connectivity index (χ0) is 19.1. The normalized spacial score (nSPS) is 10.3. The van der Waals surface area contributed by atoms with Gasteiger partial charge in [-0.1, -0.05) is 29.4 Å². The number of thioether (sulfide) groups is 1. The third-order valence-corrected chi connectivity index (χ3v) is 4.59. The maximum Gasteiger partial charge on any atom is 0.235 e. The number of nitrogens with zero attached hydrogens (tertiary/aromatic N) is 1. The van der Waals surface area contributed by atoms with Gasteiger partial charge in [0.1, 0.15) is 5.76 Å². The van der Waals surface area contributed by atoms with Gasteiger partial charge in [-0.15, -0.1) is 11.8 Å². The van der Waals surface area contributed by atoms with E-state index in [1.54, 1.807) is 13.0 Å². The zero-order valence-electron chi connectivity index (χ0n) is 14.6. The van der Waals surface area contributed by atoms with Crippen molar-refractivity contribution in [3.8, 4) is 0 Å². The van der Waals surface area contributed by atoms with E-state index in [0.717, 1.165) is 16.3 Å². The van der Waals surface area contributed by atoms with Crippen LogP contribution in [0.2, 0.25) is 0 Å². The van der Waals surface area contributed by atoms with Crippen molar-refractivity contribution >= 4 is 52.2 Å². The number of benzene rings is 2. The van der Waals surface area contributed by atoms with E-state index in [2.05, 4.69) is 21.1 Å². The van der Waals surface area contributed by atoms with E-state index in [4.69, 9.17) is 16.7 Å². The van der Waals surface area contributed by atoms with Crippen molar-refractivity contribution in [1.29, 1.82) is 0 Å². The molecule has 138 valence electrons. The third kappa shape index (κ3) is 6.12. The van der Waals surface area contributed by atoms with Crippen LogP contribution in [0.3, 0.4) is 0 Å². The summed E-state index contributed by atoms with van der Waals surface area (Å²) in [6.45, 7) is 1.77. The maximum absolute atomic E-state index is 12.0. The number of rotatable bonds is 6. The summed E-state index contributed by atoms with van der Waals surface area (Å²) in [7, 11) is 0. The number of carbonyl (C=O) groups excluding carboxylic acids is 1. The van der Waals surface area contributed by atoms with Gasteiger partial charge in [0.2, 0.25) is 5.91 Å². The fourth-order valence-corrected chi connectivity index (χ4v) is 3.22. The molecule has 1 heterocycles. The lowest BCUT2D eigenvalue weighted by atomic mass is 10.3. The van der Waals surface area contributed by atoms with Crippen molar-refractivity contribution < 1.29 is 9.32 Å². The van der Waals surface area contributed by atoms with E-state index in [1.165, 1.54) is 11.8 Å². The largest absolute Gasteiger partial charge is 0.360 e. The van der Waals surface area contributed by atoms with Crippen LogP contribution in [0.1, 0.15) is 5.76 Å². The van der Waals surface area contributed by atoms with Crippen LogP contribution in [0.25, 0.3) is 0 Å². The lowest BCUT2D eigenvalue weighted by Gasteiger charge is -2.11. The van der Waals surface area contributed by atoms with Gasteiger partial charge in [-0.3, -0.25) is 4.79 Å². The Bertz CT molecular complexity index is 928. The quantitative estimate of drug-likeness (QED) is 0.416. The molecule has 27 heavy (non-hydrogen) atoms. The predicted molar refractivity (Wildman–Crippen MR) is 113 cm³/mol. The molecule has 0 saturated carbocycles. The highest BCUT2D eigenvalue weighted by atomic mass is 32.2. The zero-order valence-corrected chi connectivity index (χ0v) is 16.2. The number of hydrogen-bond acceptors (Lipinski definition) is 5. The maximum atomic E-state index is 12.0. The molecule has 0 bridgehead atoms. The topological polar surface area (TPSA) is 79.2 Å². The van der Waals surface area contributed by atoms with E-state index in [9.17, 15) is 4.79 Å². The van der Waals surface area contributed by atoms with Crippen LogP contribution >= 0.6 is 24.0 Å². The highest BCUT2D eigenvalue weighted by Gasteiger charge is 2.07. The van der Waals surface area contributed by atoms with Crippen LogP contribution in [0.15, 0.2) is 70.1 Å². The Kier molecular flexibility index (Phi) is 6.45. The molecule has 3 N–H and O–H groups in total.